The summed E-state index contributed by atoms with van der Waals surface area (Å²) in [7, 11) is 0. The molecule has 0 spiro atoms. The van der Waals surface area contributed by atoms with E-state index in [0.29, 0.717) is 12.3 Å². The van der Waals surface area contributed by atoms with Gasteiger partial charge in [-0.3, -0.25) is 9.80 Å². The SMILES string of the molecule is CC(C)C[C@H](N)C(=O)N(C(c1ccccc1)c1ccccc1)N1CCCC1.Cl.Cl. The zero-order chi connectivity index (χ0) is 19.2. The minimum Gasteiger partial charge on any atom is -0.320 e. The number of amides is 1. The number of hydrazine groups is 1. The van der Waals surface area contributed by atoms with Crippen LogP contribution >= 0.6 is 24.8 Å². The first-order chi connectivity index (χ1) is 13.1. The van der Waals surface area contributed by atoms with Gasteiger partial charge in [0.05, 0.1) is 12.1 Å². The second-order valence-corrected chi connectivity index (χ2v) is 7.80. The summed E-state index contributed by atoms with van der Waals surface area (Å²) in [6, 6.07) is 19.9. The minimum atomic E-state index is -0.486. The lowest BCUT2D eigenvalue weighted by Gasteiger charge is -2.40. The summed E-state index contributed by atoms with van der Waals surface area (Å²) in [6.07, 6.45) is 2.92. The van der Waals surface area contributed by atoms with Crippen molar-refractivity contribution in [1.82, 2.24) is 10.0 Å². The maximum Gasteiger partial charge on any atom is 0.254 e. The van der Waals surface area contributed by atoms with Crippen LogP contribution in [0.1, 0.15) is 50.3 Å². The molecule has 1 saturated heterocycles. The lowest BCUT2D eigenvalue weighted by molar-refractivity contribution is -0.153. The summed E-state index contributed by atoms with van der Waals surface area (Å²) in [5.74, 6) is 0.402. The lowest BCUT2D eigenvalue weighted by Crippen LogP contribution is -2.53. The van der Waals surface area contributed by atoms with E-state index in [1.54, 1.807) is 0 Å². The van der Waals surface area contributed by atoms with Crippen LogP contribution < -0.4 is 5.73 Å². The van der Waals surface area contributed by atoms with Gasteiger partial charge in [-0.2, -0.15) is 0 Å². The van der Waals surface area contributed by atoms with Gasteiger partial charge in [0.2, 0.25) is 0 Å². The van der Waals surface area contributed by atoms with E-state index in [9.17, 15) is 4.79 Å². The molecule has 1 atom stereocenters. The molecule has 0 aromatic heterocycles. The predicted octanol–water partition coefficient (Wildman–Crippen LogP) is 4.83. The number of carbonyl (C=O) groups is 1. The Morgan fingerprint density at radius 1 is 0.931 bits per heavy atom. The van der Waals surface area contributed by atoms with Gasteiger partial charge in [-0.1, -0.05) is 74.5 Å². The standard InChI is InChI=1S/C23H31N3O.2ClH/c1-18(2)17-21(24)23(27)26(25-15-9-10-16-25)22(19-11-5-3-6-12-19)20-13-7-4-8-14-20;;/h3-8,11-14,18,21-22H,9-10,15-17,24H2,1-2H3;2*1H/t21-;;/m0../s1. The van der Waals surface area contributed by atoms with Crippen molar-refractivity contribution in [2.45, 2.75) is 45.2 Å². The van der Waals surface area contributed by atoms with Gasteiger partial charge in [0, 0.05) is 13.1 Å². The summed E-state index contributed by atoms with van der Waals surface area (Å²) in [6.45, 7) is 6.02. The predicted molar refractivity (Wildman–Crippen MR) is 124 cm³/mol. The Hall–Kier alpha value is -1.59. The maximum atomic E-state index is 13.5. The van der Waals surface area contributed by atoms with Gasteiger partial charge in [-0.15, -0.1) is 24.8 Å². The Balaban J connectivity index is 0.00000210. The van der Waals surface area contributed by atoms with Crippen LogP contribution in [0.3, 0.4) is 0 Å². The van der Waals surface area contributed by atoms with Crippen LogP contribution in [0, 0.1) is 5.92 Å². The van der Waals surface area contributed by atoms with Gasteiger partial charge in [0.1, 0.15) is 0 Å². The molecule has 0 unspecified atom stereocenters. The van der Waals surface area contributed by atoms with E-state index in [1.165, 1.54) is 0 Å². The number of carbonyl (C=O) groups excluding carboxylic acids is 1. The third kappa shape index (κ3) is 6.45. The summed E-state index contributed by atoms with van der Waals surface area (Å²) in [5.41, 5.74) is 8.59. The van der Waals surface area contributed by atoms with Crippen molar-refractivity contribution in [2.24, 2.45) is 11.7 Å². The highest BCUT2D eigenvalue weighted by Gasteiger charge is 2.35. The Labute approximate surface area is 187 Å². The quantitative estimate of drug-likeness (QED) is 0.674. The van der Waals surface area contributed by atoms with E-state index < -0.39 is 6.04 Å². The highest BCUT2D eigenvalue weighted by Crippen LogP contribution is 2.32. The van der Waals surface area contributed by atoms with E-state index in [4.69, 9.17) is 5.73 Å². The molecule has 0 aliphatic carbocycles. The molecule has 6 heteroatoms. The van der Waals surface area contributed by atoms with Crippen molar-refractivity contribution >= 4 is 30.7 Å². The van der Waals surface area contributed by atoms with Crippen LogP contribution in [-0.2, 0) is 4.79 Å². The zero-order valence-corrected chi connectivity index (χ0v) is 18.9. The van der Waals surface area contributed by atoms with Crippen LogP contribution in [0.2, 0.25) is 0 Å². The van der Waals surface area contributed by atoms with Gasteiger partial charge in [0.15, 0.2) is 0 Å². The largest absolute Gasteiger partial charge is 0.320 e. The van der Waals surface area contributed by atoms with Gasteiger partial charge in [-0.25, -0.2) is 5.01 Å². The van der Waals surface area contributed by atoms with Crippen LogP contribution in [-0.4, -0.2) is 35.1 Å². The van der Waals surface area contributed by atoms with Crippen molar-refractivity contribution in [3.63, 3.8) is 0 Å². The second-order valence-electron chi connectivity index (χ2n) is 7.80. The number of benzene rings is 2. The highest BCUT2D eigenvalue weighted by atomic mass is 35.5. The molecule has 1 aliphatic heterocycles. The first-order valence-electron chi connectivity index (χ1n) is 10.0. The first kappa shape index (κ1) is 25.4. The number of halogens is 2. The van der Waals surface area contributed by atoms with E-state index in [1.807, 2.05) is 41.4 Å². The summed E-state index contributed by atoms with van der Waals surface area (Å²) >= 11 is 0. The fourth-order valence-corrected chi connectivity index (χ4v) is 3.87. The number of nitrogens with zero attached hydrogens (tertiary/aromatic N) is 2. The molecule has 1 fully saturated rings. The van der Waals surface area contributed by atoms with E-state index in [2.05, 4.69) is 43.1 Å². The van der Waals surface area contributed by atoms with Crippen molar-refractivity contribution < 1.29 is 4.79 Å². The fourth-order valence-electron chi connectivity index (χ4n) is 3.87. The molecule has 2 aromatic carbocycles. The van der Waals surface area contributed by atoms with Crippen molar-refractivity contribution in [1.29, 1.82) is 0 Å². The fraction of sp³-hybridized carbons (Fsp3) is 0.435. The Morgan fingerprint density at radius 3 is 1.79 bits per heavy atom. The van der Waals surface area contributed by atoms with Crippen LogP contribution in [0.5, 0.6) is 0 Å². The van der Waals surface area contributed by atoms with Crippen LogP contribution in [0.15, 0.2) is 60.7 Å². The van der Waals surface area contributed by atoms with E-state index in [-0.39, 0.29) is 36.8 Å². The molecule has 1 heterocycles. The number of rotatable bonds is 7. The number of nitrogens with two attached hydrogens (primary N) is 1. The molecule has 2 aromatic rings. The van der Waals surface area contributed by atoms with E-state index >= 15 is 0 Å². The number of hydrogen-bond acceptors (Lipinski definition) is 3. The molecule has 0 saturated carbocycles. The molecule has 160 valence electrons. The Morgan fingerprint density at radius 2 is 1.38 bits per heavy atom. The van der Waals surface area contributed by atoms with Gasteiger partial charge >= 0.3 is 0 Å². The molecule has 2 N–H and O–H groups in total. The van der Waals surface area contributed by atoms with Crippen LogP contribution in [0.4, 0.5) is 0 Å². The van der Waals surface area contributed by atoms with Gasteiger partial charge in [0.25, 0.3) is 5.91 Å². The van der Waals surface area contributed by atoms with Crippen molar-refractivity contribution in [2.75, 3.05) is 13.1 Å². The Bertz CT molecular complexity index is 682. The second kappa shape index (κ2) is 12.2. The van der Waals surface area contributed by atoms with Crippen molar-refractivity contribution in [3.05, 3.63) is 71.8 Å². The van der Waals surface area contributed by atoms with Gasteiger partial charge < -0.3 is 5.73 Å². The summed E-state index contributed by atoms with van der Waals surface area (Å²) in [5, 5.41) is 4.15. The third-order valence-corrected chi connectivity index (χ3v) is 5.13. The number of hydrogen-bond donors (Lipinski definition) is 1. The smallest absolute Gasteiger partial charge is 0.254 e. The normalized spacial score (nSPS) is 14.9. The molecule has 1 aliphatic rings. The topological polar surface area (TPSA) is 49.6 Å². The molecule has 29 heavy (non-hydrogen) atoms. The van der Waals surface area contributed by atoms with Gasteiger partial charge in [-0.05, 0) is 36.3 Å². The first-order valence-corrected chi connectivity index (χ1v) is 10.0. The lowest BCUT2D eigenvalue weighted by atomic mass is 9.96. The highest BCUT2D eigenvalue weighted by molar-refractivity contribution is 5.85. The maximum absolute atomic E-state index is 13.5. The molecule has 4 nitrogen and oxygen atoms in total. The zero-order valence-electron chi connectivity index (χ0n) is 17.2. The molecular formula is C23H33Cl2N3O. The van der Waals surface area contributed by atoms with Crippen molar-refractivity contribution in [3.8, 4) is 0 Å². The molecular weight excluding hydrogens is 405 g/mol. The molecule has 3 rings (SSSR count). The molecule has 0 bridgehead atoms. The monoisotopic (exact) mass is 437 g/mol. The summed E-state index contributed by atoms with van der Waals surface area (Å²) < 4.78 is 0. The molecule has 0 radical (unpaired) electrons. The molecule has 1 amide bonds. The average molecular weight is 438 g/mol. The Kier molecular flexibility index (Phi) is 10.7. The summed E-state index contributed by atoms with van der Waals surface area (Å²) in [4.78, 5) is 13.5. The van der Waals surface area contributed by atoms with E-state index in [0.717, 1.165) is 37.1 Å². The average Bonchev–Trinajstić information content (AvgIpc) is 3.20. The van der Waals surface area contributed by atoms with Crippen LogP contribution in [0.25, 0.3) is 0 Å². The minimum absolute atomic E-state index is 0. The third-order valence-electron chi connectivity index (χ3n) is 5.13.